The first kappa shape index (κ1) is 22.0. The van der Waals surface area contributed by atoms with E-state index in [4.69, 9.17) is 9.47 Å². The Balaban J connectivity index is 1.81. The van der Waals surface area contributed by atoms with Crippen LogP contribution >= 0.6 is 11.8 Å². The van der Waals surface area contributed by atoms with Gasteiger partial charge in [0, 0.05) is 12.1 Å². The minimum atomic E-state index is -0.621. The molecule has 1 aromatic heterocycles. The van der Waals surface area contributed by atoms with Crippen molar-refractivity contribution in [2.75, 3.05) is 19.5 Å². The Bertz CT molecular complexity index is 1120. The maximum atomic E-state index is 12.8. The van der Waals surface area contributed by atoms with Crippen molar-refractivity contribution >= 4 is 29.0 Å². The molecule has 1 heterocycles. The molecule has 0 unspecified atom stereocenters. The van der Waals surface area contributed by atoms with Gasteiger partial charge in [-0.25, -0.2) is 0 Å². The van der Waals surface area contributed by atoms with Crippen LogP contribution in [0.3, 0.4) is 0 Å². The third kappa shape index (κ3) is 4.91. The van der Waals surface area contributed by atoms with E-state index in [2.05, 4.69) is 20.8 Å². The third-order valence-electron chi connectivity index (χ3n) is 4.31. The number of carbonyl (C=O) groups is 1. The number of amides is 1. The monoisotopic (exact) mass is 444 g/mol. The van der Waals surface area contributed by atoms with Gasteiger partial charge in [-0.15, -0.1) is 5.10 Å². The summed E-state index contributed by atoms with van der Waals surface area (Å²) in [5, 5.41) is 25.2. The number of non-ortho nitro benzene ring substituents is 1. The van der Waals surface area contributed by atoms with Crippen LogP contribution in [-0.4, -0.2) is 50.5 Å². The Morgan fingerprint density at radius 2 is 1.90 bits per heavy atom. The summed E-state index contributed by atoms with van der Waals surface area (Å²) in [6.45, 7) is 3.61. The van der Waals surface area contributed by atoms with Gasteiger partial charge in [0.05, 0.1) is 30.1 Å². The molecule has 3 aromatic rings. The van der Waals surface area contributed by atoms with E-state index in [-0.39, 0.29) is 11.4 Å². The van der Waals surface area contributed by atoms with Crippen molar-refractivity contribution in [3.05, 3.63) is 52.1 Å². The van der Waals surface area contributed by atoms with E-state index in [1.54, 1.807) is 14.0 Å². The molecule has 0 saturated heterocycles. The van der Waals surface area contributed by atoms with Crippen LogP contribution in [0.25, 0.3) is 5.69 Å². The highest BCUT2D eigenvalue weighted by molar-refractivity contribution is 8.00. The second kappa shape index (κ2) is 9.43. The number of ether oxygens (including phenoxy) is 2. The third-order valence-corrected chi connectivity index (χ3v) is 5.34. The van der Waals surface area contributed by atoms with Crippen LogP contribution in [0.2, 0.25) is 0 Å². The first-order chi connectivity index (χ1) is 14.8. The number of nitro groups is 1. The number of nitrogens with zero attached hydrogens (tertiary/aromatic N) is 5. The zero-order valence-corrected chi connectivity index (χ0v) is 18.0. The van der Waals surface area contributed by atoms with Gasteiger partial charge in [0.15, 0.2) is 0 Å². The molecule has 0 radical (unpaired) electrons. The number of methoxy groups -OCH3 is 2. The highest BCUT2D eigenvalue weighted by atomic mass is 32.2. The molecular weight excluding hydrogens is 424 g/mol. The molecule has 0 aliphatic carbocycles. The van der Waals surface area contributed by atoms with E-state index in [0.29, 0.717) is 22.3 Å². The molecule has 0 spiro atoms. The first-order valence-electron chi connectivity index (χ1n) is 9.07. The van der Waals surface area contributed by atoms with Gasteiger partial charge in [-0.2, -0.15) is 4.68 Å². The van der Waals surface area contributed by atoms with Gasteiger partial charge in [-0.1, -0.05) is 17.8 Å². The fourth-order valence-electron chi connectivity index (χ4n) is 2.72. The van der Waals surface area contributed by atoms with E-state index < -0.39 is 16.1 Å². The molecule has 11 nitrogen and oxygen atoms in total. The summed E-state index contributed by atoms with van der Waals surface area (Å²) in [5.41, 5.74) is 1.68. The average molecular weight is 444 g/mol. The van der Waals surface area contributed by atoms with Gasteiger partial charge in [-0.3, -0.25) is 14.9 Å². The normalized spacial score (nSPS) is 11.6. The maximum Gasteiger partial charge on any atom is 0.271 e. The summed E-state index contributed by atoms with van der Waals surface area (Å²) in [6, 6.07) is 9.56. The molecule has 0 aliphatic heterocycles. The zero-order chi connectivity index (χ0) is 22.5. The number of hydrogen-bond acceptors (Lipinski definition) is 9. The fourth-order valence-corrected chi connectivity index (χ4v) is 3.52. The van der Waals surface area contributed by atoms with Crippen LogP contribution in [0.15, 0.2) is 41.6 Å². The van der Waals surface area contributed by atoms with Crippen LogP contribution in [0, 0.1) is 17.0 Å². The summed E-state index contributed by atoms with van der Waals surface area (Å²) in [6.07, 6.45) is 0. The summed E-state index contributed by atoms with van der Waals surface area (Å²) in [7, 11) is 2.96. The van der Waals surface area contributed by atoms with Gasteiger partial charge in [0.25, 0.3) is 5.69 Å². The molecule has 1 atom stereocenters. The standard InChI is InChI=1S/C19H20N6O5S/c1-11-5-7-17(30-4)15(9-11)24-19(21-22-23-24)31-12(2)18(26)20-14-10-13(25(27)28)6-8-16(14)29-3/h5-10,12H,1-4H3,(H,20,26)/t12-/m1/s1. The fraction of sp³-hybridized carbons (Fsp3) is 0.263. The van der Waals surface area contributed by atoms with E-state index >= 15 is 0 Å². The molecule has 31 heavy (non-hydrogen) atoms. The highest BCUT2D eigenvalue weighted by Crippen LogP contribution is 2.31. The number of tetrazole rings is 1. The Morgan fingerprint density at radius 1 is 1.19 bits per heavy atom. The maximum absolute atomic E-state index is 12.8. The van der Waals surface area contributed by atoms with E-state index in [0.717, 1.165) is 17.3 Å². The number of anilines is 1. The number of benzene rings is 2. The molecule has 0 bridgehead atoms. The van der Waals surface area contributed by atoms with E-state index in [1.165, 1.54) is 30.0 Å². The van der Waals surface area contributed by atoms with Crippen LogP contribution in [-0.2, 0) is 4.79 Å². The lowest BCUT2D eigenvalue weighted by molar-refractivity contribution is -0.384. The number of rotatable bonds is 8. The number of nitro benzene ring substituents is 1. The molecule has 0 saturated carbocycles. The summed E-state index contributed by atoms with van der Waals surface area (Å²) in [5.74, 6) is 0.498. The molecule has 12 heteroatoms. The highest BCUT2D eigenvalue weighted by Gasteiger charge is 2.22. The van der Waals surface area contributed by atoms with E-state index in [1.807, 2.05) is 25.1 Å². The van der Waals surface area contributed by atoms with Crippen molar-refractivity contribution in [3.8, 4) is 17.2 Å². The molecule has 2 aromatic carbocycles. The predicted molar refractivity (Wildman–Crippen MR) is 114 cm³/mol. The van der Waals surface area contributed by atoms with Crippen LogP contribution in [0.1, 0.15) is 12.5 Å². The van der Waals surface area contributed by atoms with Gasteiger partial charge in [0.2, 0.25) is 11.1 Å². The molecule has 0 fully saturated rings. The van der Waals surface area contributed by atoms with Crippen LogP contribution < -0.4 is 14.8 Å². The van der Waals surface area contributed by atoms with Gasteiger partial charge in [-0.05, 0) is 48.0 Å². The Labute approximate surface area is 181 Å². The number of aryl methyl sites for hydroxylation is 1. The molecule has 162 valence electrons. The molecular formula is C19H20N6O5S. The number of thioether (sulfide) groups is 1. The quantitative estimate of drug-likeness (QED) is 0.316. The minimum Gasteiger partial charge on any atom is -0.495 e. The summed E-state index contributed by atoms with van der Waals surface area (Å²) >= 11 is 1.13. The molecule has 1 amide bonds. The van der Waals surface area contributed by atoms with E-state index in [9.17, 15) is 14.9 Å². The van der Waals surface area contributed by atoms with Crippen molar-refractivity contribution < 1.29 is 19.2 Å². The van der Waals surface area contributed by atoms with Crippen molar-refractivity contribution in [2.24, 2.45) is 0 Å². The number of aromatic nitrogens is 4. The molecule has 1 N–H and O–H groups in total. The van der Waals surface area contributed by atoms with Gasteiger partial charge < -0.3 is 14.8 Å². The minimum absolute atomic E-state index is 0.160. The Kier molecular flexibility index (Phi) is 6.70. The summed E-state index contributed by atoms with van der Waals surface area (Å²) in [4.78, 5) is 23.3. The van der Waals surface area contributed by atoms with Crippen LogP contribution in [0.4, 0.5) is 11.4 Å². The number of hydrogen-bond donors (Lipinski definition) is 1. The van der Waals surface area contributed by atoms with Gasteiger partial charge in [0.1, 0.15) is 17.2 Å². The summed E-state index contributed by atoms with van der Waals surface area (Å²) < 4.78 is 12.1. The Hall–Kier alpha value is -3.67. The SMILES string of the molecule is COc1ccc([N+](=O)[O-])cc1NC(=O)[C@@H](C)Sc1nnnn1-c1cc(C)ccc1OC. The predicted octanol–water partition coefficient (Wildman–Crippen LogP) is 3.02. The lowest BCUT2D eigenvalue weighted by atomic mass is 10.2. The Morgan fingerprint density at radius 3 is 2.58 bits per heavy atom. The van der Waals surface area contributed by atoms with Gasteiger partial charge >= 0.3 is 0 Å². The molecule has 0 aliphatic rings. The second-order valence-corrected chi connectivity index (χ2v) is 7.75. The van der Waals surface area contributed by atoms with Crippen molar-refractivity contribution in [1.29, 1.82) is 0 Å². The van der Waals surface area contributed by atoms with Crippen molar-refractivity contribution in [3.63, 3.8) is 0 Å². The second-order valence-electron chi connectivity index (χ2n) is 6.44. The van der Waals surface area contributed by atoms with Crippen molar-refractivity contribution in [1.82, 2.24) is 20.2 Å². The van der Waals surface area contributed by atoms with Crippen molar-refractivity contribution in [2.45, 2.75) is 24.3 Å². The van der Waals surface area contributed by atoms with Crippen LogP contribution in [0.5, 0.6) is 11.5 Å². The average Bonchev–Trinajstić information content (AvgIpc) is 3.21. The smallest absolute Gasteiger partial charge is 0.271 e. The lowest BCUT2D eigenvalue weighted by Crippen LogP contribution is -2.23. The largest absolute Gasteiger partial charge is 0.495 e. The zero-order valence-electron chi connectivity index (χ0n) is 17.2. The number of carbonyl (C=O) groups excluding carboxylic acids is 1. The first-order valence-corrected chi connectivity index (χ1v) is 9.95. The topological polar surface area (TPSA) is 134 Å². The molecule has 3 rings (SSSR count). The lowest BCUT2D eigenvalue weighted by Gasteiger charge is -2.14. The number of nitrogens with one attached hydrogen (secondary N) is 1.